The minimum Gasteiger partial charge on any atom is -0.504 e. The zero-order chi connectivity index (χ0) is 7.72. The summed E-state index contributed by atoms with van der Waals surface area (Å²) in [6.45, 7) is 0. The Labute approximate surface area is 61.0 Å². The number of benzene rings is 1. The Morgan fingerprint density at radius 2 is 1.60 bits per heavy atom. The maximum absolute atomic E-state index is 9.01. The van der Waals surface area contributed by atoms with Gasteiger partial charge in [-0.25, -0.2) is 0 Å². The second-order valence-electron chi connectivity index (χ2n) is 2.10. The third-order valence-electron chi connectivity index (χ3n) is 1.33. The third-order valence-corrected chi connectivity index (χ3v) is 2.14. The molecule has 0 unspecified atom stereocenters. The summed E-state index contributed by atoms with van der Waals surface area (Å²) in [6.07, 6.45) is 0. The molecule has 1 aromatic carbocycles. The zero-order valence-electron chi connectivity index (χ0n) is 5.50. The normalized spacial score (nSPS) is 10.0. The summed E-state index contributed by atoms with van der Waals surface area (Å²) in [4.78, 5) is 0. The molecule has 1 aromatic rings. The van der Waals surface area contributed by atoms with E-state index in [1.54, 1.807) is 6.07 Å². The Kier molecular flexibility index (Phi) is 1.54. The van der Waals surface area contributed by atoms with Crippen LogP contribution in [0, 0.1) is 0 Å². The molecule has 0 saturated carbocycles. The van der Waals surface area contributed by atoms with E-state index in [0.717, 1.165) is 0 Å². The summed E-state index contributed by atoms with van der Waals surface area (Å²) in [7, 11) is 0.651. The quantitative estimate of drug-likeness (QED) is 0.326. The highest BCUT2D eigenvalue weighted by atomic mass is 28.1. The highest BCUT2D eigenvalue weighted by Crippen LogP contribution is 2.31. The summed E-state index contributed by atoms with van der Waals surface area (Å²) in [6, 6.07) is 2.94. The Bertz CT molecular complexity index is 232. The predicted molar refractivity (Wildman–Crippen MR) is 41.0 cm³/mol. The molecular formula is C6H8O3Si. The molecule has 0 bridgehead atoms. The molecule has 0 aliphatic rings. The van der Waals surface area contributed by atoms with Gasteiger partial charge in [0, 0.05) is 10.2 Å². The lowest BCUT2D eigenvalue weighted by atomic mass is 10.3. The molecule has 0 spiro atoms. The average Bonchev–Trinajstić information content (AvgIpc) is 1.93. The average molecular weight is 156 g/mol. The molecular weight excluding hydrogens is 148 g/mol. The first-order valence-corrected chi connectivity index (χ1v) is 3.83. The van der Waals surface area contributed by atoms with Gasteiger partial charge in [0.1, 0.15) is 0 Å². The van der Waals surface area contributed by atoms with Crippen LogP contribution in [0.5, 0.6) is 17.2 Å². The van der Waals surface area contributed by atoms with Crippen molar-refractivity contribution in [3.05, 3.63) is 12.1 Å². The lowest BCUT2D eigenvalue weighted by Crippen LogP contribution is -2.00. The maximum Gasteiger partial charge on any atom is 0.200 e. The van der Waals surface area contributed by atoms with Gasteiger partial charge >= 0.3 is 0 Å². The summed E-state index contributed by atoms with van der Waals surface area (Å²) >= 11 is 0. The Morgan fingerprint density at radius 1 is 1.00 bits per heavy atom. The summed E-state index contributed by atoms with van der Waals surface area (Å²) in [5.74, 6) is -0.906. The number of rotatable bonds is 0. The molecule has 0 heterocycles. The molecule has 3 N–H and O–H groups in total. The number of aromatic hydroxyl groups is 3. The van der Waals surface area contributed by atoms with Crippen LogP contribution in [0.25, 0.3) is 0 Å². The van der Waals surface area contributed by atoms with Gasteiger partial charge in [-0.3, -0.25) is 0 Å². The molecule has 0 amide bonds. The van der Waals surface area contributed by atoms with E-state index < -0.39 is 5.75 Å². The van der Waals surface area contributed by atoms with Crippen LogP contribution in [0.1, 0.15) is 0 Å². The van der Waals surface area contributed by atoms with Gasteiger partial charge in [-0.15, -0.1) is 0 Å². The first-order valence-electron chi connectivity index (χ1n) is 2.83. The van der Waals surface area contributed by atoms with E-state index in [1.807, 2.05) is 0 Å². The second-order valence-corrected chi connectivity index (χ2v) is 3.18. The molecule has 0 aliphatic carbocycles. The first-order chi connectivity index (χ1) is 4.63. The molecule has 0 aliphatic heterocycles. The minimum atomic E-state index is -0.424. The van der Waals surface area contributed by atoms with Crippen LogP contribution in [-0.2, 0) is 0 Å². The van der Waals surface area contributed by atoms with Gasteiger partial charge in [-0.1, -0.05) is 6.07 Å². The highest BCUT2D eigenvalue weighted by Gasteiger charge is 2.05. The fraction of sp³-hybridized carbons (Fsp3) is 0. The van der Waals surface area contributed by atoms with Crippen LogP contribution < -0.4 is 5.19 Å². The predicted octanol–water partition coefficient (Wildman–Crippen LogP) is -1.21. The zero-order valence-corrected chi connectivity index (χ0v) is 7.50. The Hall–Kier alpha value is -1.16. The van der Waals surface area contributed by atoms with Crippen molar-refractivity contribution in [3.63, 3.8) is 0 Å². The Morgan fingerprint density at radius 3 is 2.10 bits per heavy atom. The SMILES string of the molecule is Oc1ccc([SiH3])c(O)c1O. The second kappa shape index (κ2) is 2.22. The van der Waals surface area contributed by atoms with E-state index >= 15 is 0 Å². The molecule has 0 aromatic heterocycles. The molecule has 0 fully saturated rings. The minimum absolute atomic E-state index is 0.202. The van der Waals surface area contributed by atoms with Crippen LogP contribution in [0.3, 0.4) is 0 Å². The first kappa shape index (κ1) is 6.95. The molecule has 0 saturated heterocycles. The van der Waals surface area contributed by atoms with Gasteiger partial charge in [0.25, 0.3) is 0 Å². The van der Waals surface area contributed by atoms with Crippen LogP contribution in [0.2, 0.25) is 0 Å². The summed E-state index contributed by atoms with van der Waals surface area (Å²) in [5.41, 5.74) is 0. The lowest BCUT2D eigenvalue weighted by Gasteiger charge is -2.01. The largest absolute Gasteiger partial charge is 0.504 e. The van der Waals surface area contributed by atoms with Gasteiger partial charge in [-0.2, -0.15) is 0 Å². The number of phenols is 3. The van der Waals surface area contributed by atoms with Crippen LogP contribution >= 0.6 is 0 Å². The van der Waals surface area contributed by atoms with Gasteiger partial charge in [0.15, 0.2) is 17.2 Å². The van der Waals surface area contributed by atoms with E-state index in [9.17, 15) is 0 Å². The van der Waals surface area contributed by atoms with E-state index in [4.69, 9.17) is 15.3 Å². The van der Waals surface area contributed by atoms with Crippen molar-refractivity contribution in [3.8, 4) is 17.2 Å². The molecule has 3 nitrogen and oxygen atoms in total. The molecule has 1 rings (SSSR count). The maximum atomic E-state index is 9.01. The van der Waals surface area contributed by atoms with Gasteiger partial charge in [-0.05, 0) is 11.3 Å². The number of hydrogen-bond donors (Lipinski definition) is 3. The van der Waals surface area contributed by atoms with Crippen molar-refractivity contribution in [2.45, 2.75) is 0 Å². The lowest BCUT2D eigenvalue weighted by molar-refractivity contribution is 0.370. The van der Waals surface area contributed by atoms with E-state index in [0.29, 0.717) is 15.4 Å². The molecule has 10 heavy (non-hydrogen) atoms. The molecule has 0 atom stereocenters. The number of phenolic OH excluding ortho intramolecular Hbond substituents is 3. The van der Waals surface area contributed by atoms with Crippen molar-refractivity contribution >= 4 is 15.4 Å². The summed E-state index contributed by atoms with van der Waals surface area (Å²) < 4.78 is 0. The van der Waals surface area contributed by atoms with Crippen LogP contribution in [0.4, 0.5) is 0 Å². The van der Waals surface area contributed by atoms with Crippen molar-refractivity contribution in [2.75, 3.05) is 0 Å². The number of hydrogen-bond acceptors (Lipinski definition) is 3. The van der Waals surface area contributed by atoms with E-state index in [2.05, 4.69) is 0 Å². The van der Waals surface area contributed by atoms with Gasteiger partial charge in [0.2, 0.25) is 0 Å². The van der Waals surface area contributed by atoms with Crippen molar-refractivity contribution in [2.24, 2.45) is 0 Å². The fourth-order valence-electron chi connectivity index (χ4n) is 0.670. The Balaban J connectivity index is 3.34. The molecule has 0 radical (unpaired) electrons. The third kappa shape index (κ3) is 0.929. The van der Waals surface area contributed by atoms with Gasteiger partial charge in [0.05, 0.1) is 0 Å². The fourth-order valence-corrected chi connectivity index (χ4v) is 1.07. The van der Waals surface area contributed by atoms with E-state index in [1.165, 1.54) is 6.07 Å². The monoisotopic (exact) mass is 156 g/mol. The van der Waals surface area contributed by atoms with Crippen molar-refractivity contribution in [1.29, 1.82) is 0 Å². The topological polar surface area (TPSA) is 60.7 Å². The van der Waals surface area contributed by atoms with Gasteiger partial charge < -0.3 is 15.3 Å². The smallest absolute Gasteiger partial charge is 0.200 e. The highest BCUT2D eigenvalue weighted by molar-refractivity contribution is 6.34. The standard InChI is InChI=1S/C6H8O3Si/c7-3-1-2-4(10)6(9)5(3)8/h1-2,7-9H,10H3. The summed E-state index contributed by atoms with van der Waals surface area (Å²) in [5, 5.41) is 27.4. The van der Waals surface area contributed by atoms with Crippen molar-refractivity contribution < 1.29 is 15.3 Å². The van der Waals surface area contributed by atoms with Crippen molar-refractivity contribution in [1.82, 2.24) is 0 Å². The molecule has 4 heteroatoms. The van der Waals surface area contributed by atoms with Crippen LogP contribution in [-0.4, -0.2) is 25.6 Å². The van der Waals surface area contributed by atoms with E-state index in [-0.39, 0.29) is 11.5 Å². The van der Waals surface area contributed by atoms with Crippen LogP contribution in [0.15, 0.2) is 12.1 Å². The molecule has 54 valence electrons.